The Bertz CT molecular complexity index is 329. The molecule has 0 aliphatic heterocycles. The molecule has 0 saturated carbocycles. The number of nitrogen functional groups attached to an aromatic ring is 1. The van der Waals surface area contributed by atoms with E-state index in [0.29, 0.717) is 11.4 Å². The highest BCUT2D eigenvalue weighted by atomic mass is 14.6. The molecule has 0 fully saturated rings. The zero-order chi connectivity index (χ0) is 10.0. The Morgan fingerprint density at radius 2 is 2.08 bits per heavy atom. The molecular weight excluding hydrogens is 162 g/mol. The first-order valence-electron chi connectivity index (χ1n) is 4.27. The molecule has 3 heteroatoms. The van der Waals surface area contributed by atoms with E-state index in [4.69, 9.17) is 16.9 Å². The van der Waals surface area contributed by atoms with E-state index in [1.165, 1.54) is 0 Å². The average molecular weight is 178 g/mol. The van der Waals surface area contributed by atoms with E-state index in [1.54, 1.807) is 0 Å². The fourth-order valence-electron chi connectivity index (χ4n) is 1.42. The van der Waals surface area contributed by atoms with Crippen molar-refractivity contribution in [3.05, 3.63) is 29.3 Å². The minimum absolute atomic E-state index is 0.0444. The second kappa shape index (κ2) is 3.58. The molecule has 0 heterocycles. The minimum Gasteiger partial charge on any atom is -0.398 e. The van der Waals surface area contributed by atoms with Crippen molar-refractivity contribution in [2.24, 2.45) is 5.73 Å². The largest absolute Gasteiger partial charge is 0.398 e. The maximum Gasteiger partial charge on any atom is 0.179 e. The van der Waals surface area contributed by atoms with Crippen LogP contribution in [-0.4, -0.2) is 5.71 Å². The Kier molecular flexibility index (Phi) is 2.68. The topological polar surface area (TPSA) is 77.6 Å². The van der Waals surface area contributed by atoms with E-state index < -0.39 is 0 Å². The van der Waals surface area contributed by atoms with Gasteiger partial charge in [-0.3, -0.25) is 5.41 Å². The van der Waals surface area contributed by atoms with Crippen molar-refractivity contribution in [2.75, 3.05) is 5.73 Å². The van der Waals surface area contributed by atoms with Gasteiger partial charge in [0.2, 0.25) is 0 Å². The molecule has 3 nitrogen and oxygen atoms in total. The molecule has 70 valence electrons. The Labute approximate surface area is 78.3 Å². The van der Waals surface area contributed by atoms with Gasteiger partial charge in [0.15, 0.2) is 5.71 Å². The number of hydrogen-bond donors (Lipinski definition) is 3. The van der Waals surface area contributed by atoms with Crippen LogP contribution >= 0.6 is 0 Å². The van der Waals surface area contributed by atoms with E-state index in [0.717, 1.165) is 11.1 Å². The van der Waals surface area contributed by atoms with Crippen LogP contribution in [0.15, 0.2) is 18.2 Å². The van der Waals surface area contributed by atoms with Gasteiger partial charge in [-0.2, -0.15) is 0 Å². The molecule has 1 atom stereocenters. The molecule has 0 spiro atoms. The lowest BCUT2D eigenvalue weighted by Gasteiger charge is -2.11. The average Bonchev–Trinajstić information content (AvgIpc) is 2.02. The van der Waals surface area contributed by atoms with Crippen LogP contribution in [0.25, 0.3) is 0 Å². The smallest absolute Gasteiger partial charge is 0.179 e. The molecule has 1 aromatic carbocycles. The summed E-state index contributed by atoms with van der Waals surface area (Å²) in [4.78, 5) is 0. The van der Waals surface area contributed by atoms with Gasteiger partial charge in [-0.15, -0.1) is 0 Å². The molecule has 1 rings (SSSR count). The molecule has 1 aromatic rings. The Morgan fingerprint density at radius 1 is 1.46 bits per heavy atom. The number of benzene rings is 1. The van der Waals surface area contributed by atoms with Crippen molar-refractivity contribution >= 4 is 11.4 Å². The molecule has 0 radical (unpaired) electrons. The first-order chi connectivity index (χ1) is 6.04. The lowest BCUT2D eigenvalue weighted by molar-refractivity contribution is -0.113. The van der Waals surface area contributed by atoms with E-state index in [2.05, 4.69) is 0 Å². The highest BCUT2D eigenvalue weighted by Crippen LogP contribution is 2.21. The van der Waals surface area contributed by atoms with Gasteiger partial charge in [0, 0.05) is 18.7 Å². The molecule has 0 saturated heterocycles. The molecule has 0 aliphatic carbocycles. The van der Waals surface area contributed by atoms with Crippen molar-refractivity contribution in [3.8, 4) is 0 Å². The van der Waals surface area contributed by atoms with Gasteiger partial charge in [0.05, 0.1) is 5.56 Å². The monoisotopic (exact) mass is 178 g/mol. The summed E-state index contributed by atoms with van der Waals surface area (Å²) in [5, 5.41) is 5.73. The van der Waals surface area contributed by atoms with Crippen molar-refractivity contribution in [3.63, 3.8) is 0 Å². The SMILES string of the molecule is CC(=[NH2+])c1c(N)cccc1C(C)N. The second-order valence-corrected chi connectivity index (χ2v) is 3.28. The molecule has 1 unspecified atom stereocenters. The summed E-state index contributed by atoms with van der Waals surface area (Å²) >= 11 is 0. The van der Waals surface area contributed by atoms with E-state index >= 15 is 0 Å². The van der Waals surface area contributed by atoms with Crippen LogP contribution in [0.4, 0.5) is 5.69 Å². The van der Waals surface area contributed by atoms with Crippen LogP contribution < -0.4 is 16.9 Å². The zero-order valence-electron chi connectivity index (χ0n) is 8.04. The third-order valence-electron chi connectivity index (χ3n) is 2.01. The highest BCUT2D eigenvalue weighted by Gasteiger charge is 2.13. The third kappa shape index (κ3) is 1.87. The Balaban J connectivity index is 3.34. The molecule has 13 heavy (non-hydrogen) atoms. The van der Waals surface area contributed by atoms with Gasteiger partial charge in [-0.25, -0.2) is 0 Å². The third-order valence-corrected chi connectivity index (χ3v) is 2.01. The van der Waals surface area contributed by atoms with Crippen LogP contribution in [0.2, 0.25) is 0 Å². The fourth-order valence-corrected chi connectivity index (χ4v) is 1.42. The fraction of sp³-hybridized carbons (Fsp3) is 0.300. The first-order valence-corrected chi connectivity index (χ1v) is 4.27. The summed E-state index contributed by atoms with van der Waals surface area (Å²) in [5.74, 6) is 0. The van der Waals surface area contributed by atoms with Crippen molar-refractivity contribution in [2.45, 2.75) is 19.9 Å². The van der Waals surface area contributed by atoms with Crippen LogP contribution in [-0.2, 0) is 0 Å². The van der Waals surface area contributed by atoms with Crippen molar-refractivity contribution < 1.29 is 5.41 Å². The van der Waals surface area contributed by atoms with Gasteiger partial charge < -0.3 is 11.5 Å². The van der Waals surface area contributed by atoms with Crippen LogP contribution in [0.1, 0.15) is 31.0 Å². The minimum atomic E-state index is -0.0444. The maximum absolute atomic E-state index is 5.80. The highest BCUT2D eigenvalue weighted by molar-refractivity contribution is 6.00. The lowest BCUT2D eigenvalue weighted by atomic mass is 9.97. The zero-order valence-corrected chi connectivity index (χ0v) is 8.04. The normalized spacial score (nSPS) is 12.5. The molecular formula is C10H16N3+. The van der Waals surface area contributed by atoms with Gasteiger partial charge in [0.25, 0.3) is 0 Å². The predicted octanol–water partition coefficient (Wildman–Crippen LogP) is -0.143. The first kappa shape index (κ1) is 9.74. The quantitative estimate of drug-likeness (QED) is 0.435. The van der Waals surface area contributed by atoms with E-state index in [1.807, 2.05) is 32.0 Å². The summed E-state index contributed by atoms with van der Waals surface area (Å²) < 4.78 is 0. The standard InChI is InChI=1S/C10H15N3/c1-6(11)8-4-3-5-9(13)10(8)7(2)12/h3-6,12H,11,13H2,1-2H3/p+1. The predicted molar refractivity (Wildman–Crippen MR) is 55.2 cm³/mol. The van der Waals surface area contributed by atoms with E-state index in [9.17, 15) is 0 Å². The molecule has 6 N–H and O–H groups in total. The number of anilines is 1. The molecule has 0 aliphatic rings. The molecule has 0 aromatic heterocycles. The Morgan fingerprint density at radius 3 is 2.46 bits per heavy atom. The number of nitrogens with two attached hydrogens (primary N) is 3. The van der Waals surface area contributed by atoms with Gasteiger partial charge in [0.1, 0.15) is 0 Å². The van der Waals surface area contributed by atoms with Crippen LogP contribution in [0, 0.1) is 0 Å². The van der Waals surface area contributed by atoms with Crippen molar-refractivity contribution in [1.29, 1.82) is 0 Å². The van der Waals surface area contributed by atoms with Crippen molar-refractivity contribution in [1.82, 2.24) is 0 Å². The second-order valence-electron chi connectivity index (χ2n) is 3.28. The summed E-state index contributed by atoms with van der Waals surface area (Å²) in [5.41, 5.74) is 14.9. The summed E-state index contributed by atoms with van der Waals surface area (Å²) in [6.45, 7) is 3.75. The number of rotatable bonds is 2. The molecule has 0 bridgehead atoms. The van der Waals surface area contributed by atoms with Gasteiger partial charge in [-0.1, -0.05) is 12.1 Å². The van der Waals surface area contributed by atoms with E-state index in [-0.39, 0.29) is 6.04 Å². The number of hydrogen-bond acceptors (Lipinski definition) is 2. The van der Waals surface area contributed by atoms with Crippen LogP contribution in [0.3, 0.4) is 0 Å². The van der Waals surface area contributed by atoms with Gasteiger partial charge >= 0.3 is 0 Å². The summed E-state index contributed by atoms with van der Waals surface area (Å²) in [7, 11) is 0. The summed E-state index contributed by atoms with van der Waals surface area (Å²) in [6, 6.07) is 5.63. The van der Waals surface area contributed by atoms with Crippen LogP contribution in [0.5, 0.6) is 0 Å². The molecule has 0 amide bonds. The summed E-state index contributed by atoms with van der Waals surface area (Å²) in [6.07, 6.45) is 0. The Hall–Kier alpha value is -1.35. The maximum atomic E-state index is 5.80. The lowest BCUT2D eigenvalue weighted by Crippen LogP contribution is -2.39. The van der Waals surface area contributed by atoms with Gasteiger partial charge in [-0.05, 0) is 18.6 Å².